The summed E-state index contributed by atoms with van der Waals surface area (Å²) in [7, 11) is 0. The van der Waals surface area contributed by atoms with Crippen LogP contribution in [-0.4, -0.2) is 5.78 Å². The maximum Gasteiger partial charge on any atom is 0.175 e. The number of benzene rings is 1. The molecule has 2 aromatic rings. The van der Waals surface area contributed by atoms with Gasteiger partial charge in [0.1, 0.15) is 0 Å². The van der Waals surface area contributed by atoms with Gasteiger partial charge in [0.25, 0.3) is 0 Å². The molecular weight excluding hydrogens is 240 g/mol. The molecule has 0 radical (unpaired) electrons. The zero-order valence-electron chi connectivity index (χ0n) is 10.7. The standard InChI is InChI=1S/C16H16OS/c1-10-7-11(2)9-13(8-10)14-5-6-15(18-14)16(17)12-3-4-12/h5-9,12H,3-4H2,1-2H3. The average Bonchev–Trinajstić information content (AvgIpc) is 3.04. The van der Waals surface area contributed by atoms with Gasteiger partial charge in [0.15, 0.2) is 5.78 Å². The number of hydrogen-bond acceptors (Lipinski definition) is 2. The van der Waals surface area contributed by atoms with Crippen molar-refractivity contribution in [1.29, 1.82) is 0 Å². The van der Waals surface area contributed by atoms with Crippen LogP contribution in [0.5, 0.6) is 0 Å². The molecule has 0 bridgehead atoms. The fraction of sp³-hybridized carbons (Fsp3) is 0.312. The summed E-state index contributed by atoms with van der Waals surface area (Å²) in [6.07, 6.45) is 2.16. The summed E-state index contributed by atoms with van der Waals surface area (Å²) in [5.41, 5.74) is 3.77. The number of thiophene rings is 1. The van der Waals surface area contributed by atoms with Gasteiger partial charge in [0.05, 0.1) is 4.88 Å². The van der Waals surface area contributed by atoms with E-state index < -0.39 is 0 Å². The first-order valence-corrected chi connectivity index (χ1v) is 7.18. The van der Waals surface area contributed by atoms with Gasteiger partial charge in [-0.05, 0) is 44.4 Å². The van der Waals surface area contributed by atoms with Gasteiger partial charge >= 0.3 is 0 Å². The van der Waals surface area contributed by atoms with Gasteiger partial charge in [-0.15, -0.1) is 11.3 Å². The van der Waals surface area contributed by atoms with E-state index >= 15 is 0 Å². The Labute approximate surface area is 111 Å². The molecule has 1 fully saturated rings. The second kappa shape index (κ2) is 4.36. The number of ketones is 1. The molecule has 18 heavy (non-hydrogen) atoms. The largest absolute Gasteiger partial charge is 0.293 e. The quantitative estimate of drug-likeness (QED) is 0.732. The molecule has 0 spiro atoms. The normalized spacial score (nSPS) is 14.8. The molecule has 0 atom stereocenters. The van der Waals surface area contributed by atoms with Crippen molar-refractivity contribution in [1.82, 2.24) is 0 Å². The lowest BCUT2D eigenvalue weighted by Gasteiger charge is -2.02. The smallest absolute Gasteiger partial charge is 0.175 e. The van der Waals surface area contributed by atoms with Crippen LogP contribution >= 0.6 is 11.3 Å². The Bertz CT molecular complexity index is 585. The second-order valence-electron chi connectivity index (χ2n) is 5.18. The van der Waals surface area contributed by atoms with Crippen molar-refractivity contribution in [2.45, 2.75) is 26.7 Å². The van der Waals surface area contributed by atoms with Crippen LogP contribution in [0.15, 0.2) is 30.3 Å². The molecule has 1 nitrogen and oxygen atoms in total. The monoisotopic (exact) mass is 256 g/mol. The van der Waals surface area contributed by atoms with Crippen molar-refractivity contribution in [3.8, 4) is 10.4 Å². The van der Waals surface area contributed by atoms with E-state index in [1.807, 2.05) is 6.07 Å². The topological polar surface area (TPSA) is 17.1 Å². The first-order chi connectivity index (χ1) is 8.63. The minimum Gasteiger partial charge on any atom is -0.293 e. The lowest BCUT2D eigenvalue weighted by Crippen LogP contribution is -1.96. The number of Topliss-reactive ketones (excluding diaryl/α,β-unsaturated/α-hetero) is 1. The summed E-state index contributed by atoms with van der Waals surface area (Å²) in [5, 5.41) is 0. The highest BCUT2D eigenvalue weighted by Crippen LogP contribution is 2.37. The predicted molar refractivity (Wildman–Crippen MR) is 76.3 cm³/mol. The zero-order valence-corrected chi connectivity index (χ0v) is 11.5. The van der Waals surface area contributed by atoms with Crippen LogP contribution in [0.3, 0.4) is 0 Å². The third-order valence-corrected chi connectivity index (χ3v) is 4.45. The van der Waals surface area contributed by atoms with Crippen molar-refractivity contribution in [2.24, 2.45) is 5.92 Å². The number of rotatable bonds is 3. The molecule has 3 rings (SSSR count). The number of carbonyl (C=O) groups excluding carboxylic acids is 1. The predicted octanol–water partition coefficient (Wildman–Crippen LogP) is 4.62. The molecule has 1 aliphatic rings. The molecule has 0 aliphatic heterocycles. The minimum absolute atomic E-state index is 0.316. The molecule has 0 N–H and O–H groups in total. The van der Waals surface area contributed by atoms with Gasteiger partial charge in [-0.25, -0.2) is 0 Å². The van der Waals surface area contributed by atoms with Gasteiger partial charge in [0.2, 0.25) is 0 Å². The van der Waals surface area contributed by atoms with E-state index in [0.29, 0.717) is 11.7 Å². The van der Waals surface area contributed by atoms with E-state index in [1.165, 1.54) is 21.6 Å². The van der Waals surface area contributed by atoms with Crippen molar-refractivity contribution >= 4 is 17.1 Å². The molecule has 1 aromatic carbocycles. The van der Waals surface area contributed by atoms with Crippen LogP contribution in [0.25, 0.3) is 10.4 Å². The molecular formula is C16H16OS. The van der Waals surface area contributed by atoms with Crippen molar-refractivity contribution in [3.63, 3.8) is 0 Å². The summed E-state index contributed by atoms with van der Waals surface area (Å²) in [5.74, 6) is 0.659. The summed E-state index contributed by atoms with van der Waals surface area (Å²) < 4.78 is 0. The second-order valence-corrected chi connectivity index (χ2v) is 6.26. The Morgan fingerprint density at radius 2 is 1.78 bits per heavy atom. The molecule has 1 saturated carbocycles. The van der Waals surface area contributed by atoms with Crippen LogP contribution in [-0.2, 0) is 0 Å². The minimum atomic E-state index is 0.316. The Morgan fingerprint density at radius 3 is 2.39 bits per heavy atom. The summed E-state index contributed by atoms with van der Waals surface area (Å²) >= 11 is 1.63. The molecule has 0 saturated heterocycles. The number of hydrogen-bond donors (Lipinski definition) is 0. The van der Waals surface area contributed by atoms with Gasteiger partial charge in [-0.3, -0.25) is 4.79 Å². The average molecular weight is 256 g/mol. The maximum atomic E-state index is 12.0. The highest BCUT2D eigenvalue weighted by Gasteiger charge is 2.31. The highest BCUT2D eigenvalue weighted by molar-refractivity contribution is 7.17. The number of carbonyl (C=O) groups is 1. The lowest BCUT2D eigenvalue weighted by atomic mass is 10.1. The molecule has 1 aliphatic carbocycles. The first kappa shape index (κ1) is 11.7. The van der Waals surface area contributed by atoms with Crippen LogP contribution in [0, 0.1) is 19.8 Å². The Morgan fingerprint density at radius 1 is 1.11 bits per heavy atom. The van der Waals surface area contributed by atoms with E-state index in [0.717, 1.165) is 17.7 Å². The first-order valence-electron chi connectivity index (χ1n) is 6.36. The van der Waals surface area contributed by atoms with Crippen molar-refractivity contribution in [2.75, 3.05) is 0 Å². The number of aryl methyl sites for hydroxylation is 2. The van der Waals surface area contributed by atoms with Crippen LogP contribution in [0.4, 0.5) is 0 Å². The highest BCUT2D eigenvalue weighted by atomic mass is 32.1. The molecule has 2 heteroatoms. The Kier molecular flexibility index (Phi) is 2.83. The third-order valence-electron chi connectivity index (χ3n) is 3.30. The maximum absolute atomic E-state index is 12.0. The van der Waals surface area contributed by atoms with E-state index in [2.05, 4.69) is 38.1 Å². The zero-order chi connectivity index (χ0) is 12.7. The van der Waals surface area contributed by atoms with E-state index in [9.17, 15) is 4.79 Å². The molecule has 1 aromatic heterocycles. The van der Waals surface area contributed by atoms with Crippen molar-refractivity contribution < 1.29 is 4.79 Å². The van der Waals surface area contributed by atoms with Gasteiger partial charge in [-0.2, -0.15) is 0 Å². The van der Waals surface area contributed by atoms with Gasteiger partial charge in [0, 0.05) is 10.8 Å². The van der Waals surface area contributed by atoms with Crippen LogP contribution < -0.4 is 0 Å². The lowest BCUT2D eigenvalue weighted by molar-refractivity contribution is 0.0971. The fourth-order valence-electron chi connectivity index (χ4n) is 2.29. The van der Waals surface area contributed by atoms with Gasteiger partial charge in [-0.1, -0.05) is 29.3 Å². The van der Waals surface area contributed by atoms with E-state index in [1.54, 1.807) is 11.3 Å². The molecule has 92 valence electrons. The van der Waals surface area contributed by atoms with E-state index in [-0.39, 0.29) is 0 Å². The Hall–Kier alpha value is -1.41. The molecule has 1 heterocycles. The van der Waals surface area contributed by atoms with Crippen LogP contribution in [0.2, 0.25) is 0 Å². The SMILES string of the molecule is Cc1cc(C)cc(-c2ccc(C(=O)C3CC3)s2)c1. The third kappa shape index (κ3) is 2.25. The van der Waals surface area contributed by atoms with Crippen molar-refractivity contribution in [3.05, 3.63) is 46.3 Å². The van der Waals surface area contributed by atoms with Gasteiger partial charge < -0.3 is 0 Å². The molecule has 0 amide bonds. The van der Waals surface area contributed by atoms with E-state index in [4.69, 9.17) is 0 Å². The summed E-state index contributed by atoms with van der Waals surface area (Å²) in [6.45, 7) is 4.22. The van der Waals surface area contributed by atoms with Crippen LogP contribution in [0.1, 0.15) is 33.6 Å². The molecule has 0 unspecified atom stereocenters. The fourth-order valence-corrected chi connectivity index (χ4v) is 3.30. The summed E-state index contributed by atoms with van der Waals surface area (Å²) in [6, 6.07) is 10.6. The summed E-state index contributed by atoms with van der Waals surface area (Å²) in [4.78, 5) is 14.1. The Balaban J connectivity index is 1.94.